The zero-order valence-corrected chi connectivity index (χ0v) is 12.9. The summed E-state index contributed by atoms with van der Waals surface area (Å²) in [5.41, 5.74) is -1.81. The highest BCUT2D eigenvalue weighted by Crippen LogP contribution is 2.61. The van der Waals surface area contributed by atoms with Crippen LogP contribution in [0.25, 0.3) is 0 Å². The standard InChI is InChI=1S/C14H9F13/c1-7-2-4-8(5-3-7)10(18,19)12(22,23)14(26,27)13(24,25)11(20,21)9(16,17)6-15/h2-5H,6H2,1H3. The summed E-state index contributed by atoms with van der Waals surface area (Å²) in [5, 5.41) is 0. The van der Waals surface area contributed by atoms with Gasteiger partial charge in [-0.1, -0.05) is 29.8 Å². The molecular weight excluding hydrogens is 415 g/mol. The lowest BCUT2D eigenvalue weighted by Gasteiger charge is -2.40. The molecule has 0 atom stereocenters. The largest absolute Gasteiger partial charge is 0.385 e. The Bertz CT molecular complexity index is 660. The summed E-state index contributed by atoms with van der Waals surface area (Å²) in [4.78, 5) is 0. The molecule has 13 heteroatoms. The molecule has 156 valence electrons. The molecule has 0 amide bonds. The summed E-state index contributed by atoms with van der Waals surface area (Å²) in [7, 11) is 0. The van der Waals surface area contributed by atoms with Crippen molar-refractivity contribution in [3.05, 3.63) is 35.4 Å². The average molecular weight is 424 g/mol. The van der Waals surface area contributed by atoms with E-state index in [0.29, 0.717) is 12.1 Å². The van der Waals surface area contributed by atoms with E-state index in [9.17, 15) is 57.1 Å². The second-order valence-corrected chi connectivity index (χ2v) is 5.58. The second-order valence-electron chi connectivity index (χ2n) is 5.58. The van der Waals surface area contributed by atoms with E-state index in [2.05, 4.69) is 0 Å². The van der Waals surface area contributed by atoms with Crippen molar-refractivity contribution >= 4 is 0 Å². The van der Waals surface area contributed by atoms with Crippen molar-refractivity contribution in [3.63, 3.8) is 0 Å². The molecule has 0 saturated heterocycles. The monoisotopic (exact) mass is 424 g/mol. The van der Waals surface area contributed by atoms with Crippen LogP contribution >= 0.6 is 0 Å². The quantitative estimate of drug-likeness (QED) is 0.455. The number of rotatable bonds is 7. The Labute approximate surface area is 143 Å². The number of aryl methyl sites for hydroxylation is 1. The maximum atomic E-state index is 13.8. The Hall–Kier alpha value is -1.69. The fourth-order valence-corrected chi connectivity index (χ4v) is 1.85. The van der Waals surface area contributed by atoms with Crippen LogP contribution in [0.3, 0.4) is 0 Å². The lowest BCUT2D eigenvalue weighted by Crippen LogP contribution is -2.70. The minimum absolute atomic E-state index is 0.131. The fraction of sp³-hybridized carbons (Fsp3) is 0.571. The molecule has 0 saturated carbocycles. The first kappa shape index (κ1) is 23.3. The molecular formula is C14H9F13. The van der Waals surface area contributed by atoms with Gasteiger partial charge in [-0.25, -0.2) is 4.39 Å². The van der Waals surface area contributed by atoms with Crippen molar-refractivity contribution in [3.8, 4) is 0 Å². The van der Waals surface area contributed by atoms with Gasteiger partial charge in [0.05, 0.1) is 0 Å². The van der Waals surface area contributed by atoms with Crippen LogP contribution in [0, 0.1) is 6.92 Å². The first-order valence-electron chi connectivity index (χ1n) is 6.71. The number of benzene rings is 1. The molecule has 27 heavy (non-hydrogen) atoms. The van der Waals surface area contributed by atoms with Gasteiger partial charge in [0.1, 0.15) is 0 Å². The highest BCUT2D eigenvalue weighted by atomic mass is 19.4. The van der Waals surface area contributed by atoms with Crippen molar-refractivity contribution in [2.24, 2.45) is 0 Å². The van der Waals surface area contributed by atoms with E-state index in [1.807, 2.05) is 0 Å². The van der Waals surface area contributed by atoms with Crippen LogP contribution in [0.2, 0.25) is 0 Å². The Kier molecular flexibility index (Phi) is 5.56. The van der Waals surface area contributed by atoms with E-state index in [1.54, 1.807) is 0 Å². The van der Waals surface area contributed by atoms with Gasteiger partial charge in [0.2, 0.25) is 0 Å². The first-order valence-corrected chi connectivity index (χ1v) is 6.71. The van der Waals surface area contributed by atoms with Crippen LogP contribution in [0.4, 0.5) is 57.1 Å². The summed E-state index contributed by atoms with van der Waals surface area (Å²) < 4.78 is 172. The van der Waals surface area contributed by atoms with Crippen LogP contribution in [0.15, 0.2) is 24.3 Å². The zero-order valence-electron chi connectivity index (χ0n) is 12.9. The Morgan fingerprint density at radius 3 is 1.33 bits per heavy atom. The highest BCUT2D eigenvalue weighted by Gasteiger charge is 2.90. The van der Waals surface area contributed by atoms with Gasteiger partial charge in [-0.05, 0) is 6.92 Å². The van der Waals surface area contributed by atoms with E-state index < -0.39 is 47.8 Å². The van der Waals surface area contributed by atoms with Crippen LogP contribution in [0.1, 0.15) is 11.1 Å². The fourth-order valence-electron chi connectivity index (χ4n) is 1.85. The van der Waals surface area contributed by atoms with E-state index in [-0.39, 0.29) is 17.7 Å². The normalized spacial score (nSPS) is 15.2. The van der Waals surface area contributed by atoms with Crippen LogP contribution in [-0.4, -0.2) is 36.3 Å². The molecule has 0 unspecified atom stereocenters. The molecule has 0 heterocycles. The molecule has 0 nitrogen and oxygen atoms in total. The van der Waals surface area contributed by atoms with Gasteiger partial charge in [0, 0.05) is 5.56 Å². The van der Waals surface area contributed by atoms with E-state index in [4.69, 9.17) is 0 Å². The molecule has 0 spiro atoms. The molecule has 1 rings (SSSR count). The van der Waals surface area contributed by atoms with Crippen LogP contribution in [-0.2, 0) is 5.92 Å². The molecule has 0 N–H and O–H groups in total. The van der Waals surface area contributed by atoms with Gasteiger partial charge in [-0.3, -0.25) is 0 Å². The summed E-state index contributed by atoms with van der Waals surface area (Å²) >= 11 is 0. The summed E-state index contributed by atoms with van der Waals surface area (Å²) in [5.74, 6) is -42.8. The molecule has 0 aliphatic heterocycles. The van der Waals surface area contributed by atoms with Gasteiger partial charge in [-0.2, -0.15) is 52.7 Å². The smallest absolute Gasteiger partial charge is 0.244 e. The summed E-state index contributed by atoms with van der Waals surface area (Å²) in [6, 6.07) is 1.65. The molecule has 0 aliphatic rings. The third-order valence-electron chi connectivity index (χ3n) is 3.62. The maximum Gasteiger partial charge on any atom is 0.385 e. The Morgan fingerprint density at radius 1 is 0.593 bits per heavy atom. The average Bonchev–Trinajstić information content (AvgIpc) is 2.54. The van der Waals surface area contributed by atoms with E-state index in [0.717, 1.165) is 0 Å². The first-order chi connectivity index (χ1) is 11.8. The molecule has 0 aromatic heterocycles. The van der Waals surface area contributed by atoms with Gasteiger partial charge in [0.25, 0.3) is 0 Å². The maximum absolute atomic E-state index is 13.8. The minimum atomic E-state index is -7.74. The van der Waals surface area contributed by atoms with Crippen molar-refractivity contribution < 1.29 is 57.1 Å². The third-order valence-corrected chi connectivity index (χ3v) is 3.62. The minimum Gasteiger partial charge on any atom is -0.244 e. The number of hydrogen-bond acceptors (Lipinski definition) is 0. The predicted octanol–water partition coefficient (Wildman–Crippen LogP) is 6.23. The van der Waals surface area contributed by atoms with Gasteiger partial charge in [-0.15, -0.1) is 0 Å². The topological polar surface area (TPSA) is 0 Å². The Balaban J connectivity index is 3.56. The lowest BCUT2D eigenvalue weighted by molar-refractivity contribution is -0.427. The summed E-state index contributed by atoms with van der Waals surface area (Å²) in [6.45, 7) is -2.38. The predicted molar refractivity (Wildman–Crippen MR) is 65.8 cm³/mol. The molecule has 0 bridgehead atoms. The third kappa shape index (κ3) is 3.12. The SMILES string of the molecule is Cc1ccc(C(F)(F)C(F)(F)C(F)(F)C(F)(F)C(F)(F)C(F)(F)CF)cc1. The van der Waals surface area contributed by atoms with Crippen molar-refractivity contribution in [2.75, 3.05) is 6.67 Å². The van der Waals surface area contributed by atoms with Crippen LogP contribution in [0.5, 0.6) is 0 Å². The zero-order chi connectivity index (χ0) is 21.7. The Morgan fingerprint density at radius 2 is 0.963 bits per heavy atom. The molecule has 0 aliphatic carbocycles. The van der Waals surface area contributed by atoms with E-state index >= 15 is 0 Å². The number of hydrogen-bond donors (Lipinski definition) is 0. The van der Waals surface area contributed by atoms with Crippen molar-refractivity contribution in [2.45, 2.75) is 42.5 Å². The van der Waals surface area contributed by atoms with Gasteiger partial charge >= 0.3 is 35.5 Å². The lowest BCUT2D eigenvalue weighted by atomic mass is 9.89. The van der Waals surface area contributed by atoms with Crippen molar-refractivity contribution in [1.82, 2.24) is 0 Å². The molecule has 1 aromatic carbocycles. The molecule has 0 radical (unpaired) electrons. The van der Waals surface area contributed by atoms with E-state index in [1.165, 1.54) is 6.92 Å². The second kappa shape index (κ2) is 6.43. The van der Waals surface area contributed by atoms with Crippen LogP contribution < -0.4 is 0 Å². The van der Waals surface area contributed by atoms with Crippen molar-refractivity contribution in [1.29, 1.82) is 0 Å². The van der Waals surface area contributed by atoms with Gasteiger partial charge in [0.15, 0.2) is 6.67 Å². The number of halogens is 13. The molecule has 1 aromatic rings. The van der Waals surface area contributed by atoms with Gasteiger partial charge < -0.3 is 0 Å². The highest BCUT2D eigenvalue weighted by molar-refractivity contribution is 5.28. The summed E-state index contributed by atoms with van der Waals surface area (Å²) in [6.07, 6.45) is 0. The number of alkyl halides is 13. The molecule has 0 fully saturated rings.